The number of rotatable bonds is 2. The number of hydrogen-bond donors (Lipinski definition) is 0. The van der Waals surface area contributed by atoms with Crippen molar-refractivity contribution >= 4 is 65.0 Å². The summed E-state index contributed by atoms with van der Waals surface area (Å²) < 4.78 is 6.49. The summed E-state index contributed by atoms with van der Waals surface area (Å²) in [6.45, 7) is 0. The van der Waals surface area contributed by atoms with Crippen LogP contribution >= 0.6 is 0 Å². The predicted octanol–water partition coefficient (Wildman–Crippen LogP) is 11.5. The molecule has 0 aliphatic carbocycles. The molecule has 9 aromatic rings. The third-order valence-electron chi connectivity index (χ3n) is 8.62. The highest BCUT2D eigenvalue weighted by molar-refractivity contribution is 6.24. The molecule has 0 fully saturated rings. The van der Waals surface area contributed by atoms with Crippen molar-refractivity contribution in [3.8, 4) is 22.3 Å². The molecule has 8 aromatic carbocycles. The Labute approximate surface area is 236 Å². The molecule has 0 saturated carbocycles. The maximum Gasteiger partial charge on any atom is 0.136 e. The van der Waals surface area contributed by atoms with Crippen molar-refractivity contribution in [3.63, 3.8) is 0 Å². The molecule has 0 spiro atoms. The fourth-order valence-corrected chi connectivity index (χ4v) is 6.79. The van der Waals surface area contributed by atoms with Gasteiger partial charge in [-0.3, -0.25) is 0 Å². The SMILES string of the molecule is c1ccc2cc3c(cc2c1)oc1cc(-c2c4ccccc4c(-c4cccc5ccccc45)c4ccccc24)ccc13. The van der Waals surface area contributed by atoms with Crippen LogP contribution in [0.15, 0.2) is 150 Å². The standard InChI is InChI=1S/C40H24O/c1-2-12-27-23-38-36(22-26(27)11-1)30-21-20-28(24-37(30)41-38)39-32-15-5-7-17-34(32)40(35-18-8-6-16-33(35)39)31-19-9-13-25-10-3-4-14-29(25)31/h1-24H. The minimum Gasteiger partial charge on any atom is -0.456 e. The van der Waals surface area contributed by atoms with E-state index in [0.29, 0.717) is 0 Å². The molecule has 41 heavy (non-hydrogen) atoms. The lowest BCUT2D eigenvalue weighted by Gasteiger charge is -2.18. The van der Waals surface area contributed by atoms with E-state index in [9.17, 15) is 0 Å². The fraction of sp³-hybridized carbons (Fsp3) is 0. The van der Waals surface area contributed by atoms with E-state index in [0.717, 1.165) is 27.5 Å². The first-order valence-corrected chi connectivity index (χ1v) is 14.1. The first-order chi connectivity index (χ1) is 20.3. The predicted molar refractivity (Wildman–Crippen MR) is 175 cm³/mol. The summed E-state index contributed by atoms with van der Waals surface area (Å²) in [6, 6.07) is 52.6. The molecular weight excluding hydrogens is 496 g/mol. The monoisotopic (exact) mass is 520 g/mol. The number of benzene rings is 8. The van der Waals surface area contributed by atoms with Gasteiger partial charge in [-0.25, -0.2) is 0 Å². The highest BCUT2D eigenvalue weighted by atomic mass is 16.3. The van der Waals surface area contributed by atoms with Crippen LogP contribution in [0.5, 0.6) is 0 Å². The Kier molecular flexibility index (Phi) is 4.67. The van der Waals surface area contributed by atoms with Crippen LogP contribution in [-0.4, -0.2) is 0 Å². The van der Waals surface area contributed by atoms with Gasteiger partial charge in [-0.05, 0) is 89.6 Å². The Morgan fingerprint density at radius 3 is 1.56 bits per heavy atom. The van der Waals surface area contributed by atoms with Crippen molar-refractivity contribution in [2.75, 3.05) is 0 Å². The summed E-state index contributed by atoms with van der Waals surface area (Å²) in [4.78, 5) is 0. The van der Waals surface area contributed by atoms with Gasteiger partial charge >= 0.3 is 0 Å². The van der Waals surface area contributed by atoms with Gasteiger partial charge in [0, 0.05) is 10.8 Å². The Bertz CT molecular complexity index is 2410. The third-order valence-corrected chi connectivity index (χ3v) is 8.62. The maximum atomic E-state index is 6.49. The molecular formula is C40H24O. The maximum absolute atomic E-state index is 6.49. The zero-order chi connectivity index (χ0) is 26.9. The Morgan fingerprint density at radius 1 is 0.317 bits per heavy atom. The summed E-state index contributed by atoms with van der Waals surface area (Å²) in [5, 5.41) is 12.3. The van der Waals surface area contributed by atoms with Crippen molar-refractivity contribution in [3.05, 3.63) is 146 Å². The van der Waals surface area contributed by atoms with E-state index in [2.05, 4.69) is 146 Å². The van der Waals surface area contributed by atoms with Gasteiger partial charge in [0.1, 0.15) is 11.2 Å². The Balaban J connectivity index is 1.37. The lowest BCUT2D eigenvalue weighted by Crippen LogP contribution is -1.91. The molecule has 190 valence electrons. The lowest BCUT2D eigenvalue weighted by atomic mass is 9.84. The first-order valence-electron chi connectivity index (χ1n) is 14.1. The van der Waals surface area contributed by atoms with Crippen LogP contribution in [0.2, 0.25) is 0 Å². The van der Waals surface area contributed by atoms with Crippen LogP contribution in [0.25, 0.3) is 87.3 Å². The highest BCUT2D eigenvalue weighted by Gasteiger charge is 2.19. The van der Waals surface area contributed by atoms with Gasteiger partial charge < -0.3 is 4.42 Å². The highest BCUT2D eigenvalue weighted by Crippen LogP contribution is 2.46. The number of furan rings is 1. The number of hydrogen-bond acceptors (Lipinski definition) is 1. The summed E-state index contributed by atoms with van der Waals surface area (Å²) in [7, 11) is 0. The van der Waals surface area contributed by atoms with Crippen LogP contribution in [0.4, 0.5) is 0 Å². The molecule has 0 atom stereocenters. The molecule has 0 amide bonds. The topological polar surface area (TPSA) is 13.1 Å². The lowest BCUT2D eigenvalue weighted by molar-refractivity contribution is 0.669. The average Bonchev–Trinajstić information content (AvgIpc) is 3.38. The Morgan fingerprint density at radius 2 is 0.854 bits per heavy atom. The van der Waals surface area contributed by atoms with E-state index in [4.69, 9.17) is 4.42 Å². The molecule has 0 radical (unpaired) electrons. The van der Waals surface area contributed by atoms with Crippen LogP contribution < -0.4 is 0 Å². The van der Waals surface area contributed by atoms with E-state index in [-0.39, 0.29) is 0 Å². The van der Waals surface area contributed by atoms with Gasteiger partial charge in [-0.2, -0.15) is 0 Å². The van der Waals surface area contributed by atoms with Crippen molar-refractivity contribution in [2.45, 2.75) is 0 Å². The zero-order valence-electron chi connectivity index (χ0n) is 22.3. The summed E-state index contributed by atoms with van der Waals surface area (Å²) >= 11 is 0. The normalized spacial score (nSPS) is 11.9. The molecule has 1 aromatic heterocycles. The molecule has 0 unspecified atom stereocenters. The van der Waals surface area contributed by atoms with Gasteiger partial charge in [0.15, 0.2) is 0 Å². The third kappa shape index (κ3) is 3.30. The molecule has 9 rings (SSSR count). The van der Waals surface area contributed by atoms with Crippen molar-refractivity contribution in [2.24, 2.45) is 0 Å². The van der Waals surface area contributed by atoms with Crippen LogP contribution in [0, 0.1) is 0 Å². The molecule has 0 bridgehead atoms. The Hall–Kier alpha value is -5.40. The second kappa shape index (κ2) is 8.55. The largest absolute Gasteiger partial charge is 0.456 e. The molecule has 1 nitrogen and oxygen atoms in total. The molecule has 0 aliphatic rings. The minimum absolute atomic E-state index is 0.916. The van der Waals surface area contributed by atoms with Gasteiger partial charge in [0.05, 0.1) is 0 Å². The van der Waals surface area contributed by atoms with Gasteiger partial charge in [-0.15, -0.1) is 0 Å². The average molecular weight is 521 g/mol. The molecule has 0 aliphatic heterocycles. The molecule has 1 heteroatoms. The second-order valence-electron chi connectivity index (χ2n) is 10.9. The van der Waals surface area contributed by atoms with E-state index in [1.807, 2.05) is 0 Å². The van der Waals surface area contributed by atoms with Crippen molar-refractivity contribution < 1.29 is 4.42 Å². The molecule has 1 heterocycles. The zero-order valence-corrected chi connectivity index (χ0v) is 22.3. The second-order valence-corrected chi connectivity index (χ2v) is 10.9. The van der Waals surface area contributed by atoms with Crippen LogP contribution in [-0.2, 0) is 0 Å². The number of fused-ring (bicyclic) bond motifs is 7. The van der Waals surface area contributed by atoms with E-state index in [1.165, 1.54) is 59.8 Å². The smallest absolute Gasteiger partial charge is 0.136 e. The van der Waals surface area contributed by atoms with Crippen molar-refractivity contribution in [1.82, 2.24) is 0 Å². The van der Waals surface area contributed by atoms with Crippen molar-refractivity contribution in [1.29, 1.82) is 0 Å². The minimum atomic E-state index is 0.916. The first kappa shape index (κ1) is 22.4. The fourth-order valence-electron chi connectivity index (χ4n) is 6.79. The van der Waals surface area contributed by atoms with E-state index < -0.39 is 0 Å². The summed E-state index contributed by atoms with van der Waals surface area (Å²) in [5.41, 5.74) is 6.80. The summed E-state index contributed by atoms with van der Waals surface area (Å²) in [6.07, 6.45) is 0. The van der Waals surface area contributed by atoms with E-state index in [1.54, 1.807) is 0 Å². The van der Waals surface area contributed by atoms with Gasteiger partial charge in [0.2, 0.25) is 0 Å². The van der Waals surface area contributed by atoms with Crippen LogP contribution in [0.3, 0.4) is 0 Å². The molecule has 0 N–H and O–H groups in total. The van der Waals surface area contributed by atoms with Crippen LogP contribution in [0.1, 0.15) is 0 Å². The quantitative estimate of drug-likeness (QED) is 0.207. The van der Waals surface area contributed by atoms with E-state index >= 15 is 0 Å². The van der Waals surface area contributed by atoms with Gasteiger partial charge in [-0.1, -0.05) is 121 Å². The summed E-state index contributed by atoms with van der Waals surface area (Å²) in [5.74, 6) is 0. The molecule has 0 saturated heterocycles. The van der Waals surface area contributed by atoms with Gasteiger partial charge in [0.25, 0.3) is 0 Å².